The molecule has 1 aromatic carbocycles. The van der Waals surface area contributed by atoms with Gasteiger partial charge in [0.05, 0.1) is 26.2 Å². The van der Waals surface area contributed by atoms with Gasteiger partial charge < -0.3 is 4.42 Å². The number of para-hydroxylation sites is 1. The highest BCUT2D eigenvalue weighted by Crippen LogP contribution is 2.30. The summed E-state index contributed by atoms with van der Waals surface area (Å²) in [6.07, 6.45) is 0. The summed E-state index contributed by atoms with van der Waals surface area (Å²) in [7, 11) is 0. The number of hydrogen-bond donors (Lipinski definition) is 0. The van der Waals surface area contributed by atoms with Gasteiger partial charge >= 0.3 is 5.63 Å². The van der Waals surface area contributed by atoms with E-state index < -0.39 is 5.63 Å². The number of aromatic nitrogens is 1. The van der Waals surface area contributed by atoms with E-state index in [1.807, 2.05) is 18.2 Å². The number of carbonyl (C=O) groups is 1. The first-order valence-corrected chi connectivity index (χ1v) is 10.6. The summed E-state index contributed by atoms with van der Waals surface area (Å²) in [5.74, 6) is 0.282. The maximum Gasteiger partial charge on any atom is 0.345 e. The molecule has 26 heavy (non-hydrogen) atoms. The highest BCUT2D eigenvalue weighted by Gasteiger charge is 2.14. The Labute approximate surface area is 165 Å². The van der Waals surface area contributed by atoms with Crippen molar-refractivity contribution in [3.05, 3.63) is 67.5 Å². The quantitative estimate of drug-likeness (QED) is 0.239. The van der Waals surface area contributed by atoms with Crippen molar-refractivity contribution in [2.45, 2.75) is 4.34 Å². The number of hydrogen-bond acceptors (Lipinski definition) is 7. The van der Waals surface area contributed by atoms with E-state index >= 15 is 0 Å². The molecule has 0 aliphatic rings. The van der Waals surface area contributed by atoms with Crippen molar-refractivity contribution in [2.24, 2.45) is 0 Å². The van der Waals surface area contributed by atoms with Crippen LogP contribution in [-0.4, -0.2) is 16.5 Å². The van der Waals surface area contributed by atoms with Crippen LogP contribution in [0.15, 0.2) is 61.4 Å². The van der Waals surface area contributed by atoms with E-state index in [1.54, 1.807) is 29.6 Å². The zero-order valence-corrected chi connectivity index (χ0v) is 16.3. The Morgan fingerprint density at radius 1 is 1.23 bits per heavy atom. The Bertz CT molecular complexity index is 1160. The molecule has 0 bridgehead atoms. The van der Waals surface area contributed by atoms with Gasteiger partial charge in [0.15, 0.2) is 10.1 Å². The summed E-state index contributed by atoms with van der Waals surface area (Å²) in [5, 5.41) is 2.64. The summed E-state index contributed by atoms with van der Waals surface area (Å²) in [6, 6.07) is 12.6. The van der Waals surface area contributed by atoms with Crippen LogP contribution >= 0.6 is 46.0 Å². The molecule has 4 rings (SSSR count). The Balaban J connectivity index is 1.54. The van der Waals surface area contributed by atoms with Crippen LogP contribution in [-0.2, 0) is 0 Å². The van der Waals surface area contributed by atoms with Crippen LogP contribution < -0.4 is 5.63 Å². The van der Waals surface area contributed by atoms with Crippen molar-refractivity contribution in [1.82, 2.24) is 4.98 Å². The van der Waals surface area contributed by atoms with E-state index in [-0.39, 0.29) is 11.5 Å². The van der Waals surface area contributed by atoms with Gasteiger partial charge in [-0.3, -0.25) is 4.79 Å². The normalized spacial score (nSPS) is 11.1. The Hall–Kier alpha value is -1.93. The SMILES string of the molecule is O=C(CSc1nc(-c2cc3ccccc3oc2=O)cs1)c1ccc(Cl)s1. The number of ketones is 1. The Kier molecular flexibility index (Phi) is 4.95. The molecular weight excluding hydrogens is 410 g/mol. The molecule has 8 heteroatoms. The molecule has 0 unspecified atom stereocenters. The van der Waals surface area contributed by atoms with Gasteiger partial charge in [-0.25, -0.2) is 9.78 Å². The third-order valence-corrected chi connectivity index (χ3v) is 6.87. The predicted octanol–water partition coefficient (Wildman–Crippen LogP) is 5.61. The van der Waals surface area contributed by atoms with Gasteiger partial charge in [0, 0.05) is 10.8 Å². The molecule has 0 amide bonds. The number of thiazole rings is 1. The van der Waals surface area contributed by atoms with Crippen LogP contribution in [0, 0.1) is 0 Å². The molecule has 0 spiro atoms. The van der Waals surface area contributed by atoms with Crippen molar-refractivity contribution in [2.75, 3.05) is 5.75 Å². The fourth-order valence-corrected chi connectivity index (χ4v) is 5.13. The van der Waals surface area contributed by atoms with E-state index in [0.29, 0.717) is 26.1 Å². The number of fused-ring (bicyclic) bond motifs is 1. The number of benzene rings is 1. The Morgan fingerprint density at radius 3 is 2.88 bits per heavy atom. The molecular formula is C18H10ClNO3S3. The number of thioether (sulfide) groups is 1. The molecule has 0 aliphatic carbocycles. The summed E-state index contributed by atoms with van der Waals surface area (Å²) in [5.41, 5.74) is 1.10. The van der Waals surface area contributed by atoms with Crippen LogP contribution in [0.4, 0.5) is 0 Å². The van der Waals surface area contributed by atoms with Gasteiger partial charge in [0.25, 0.3) is 0 Å². The molecule has 0 saturated carbocycles. The number of carbonyl (C=O) groups excluding carboxylic acids is 1. The molecule has 0 N–H and O–H groups in total. The summed E-state index contributed by atoms with van der Waals surface area (Å²) in [6.45, 7) is 0. The molecule has 0 radical (unpaired) electrons. The van der Waals surface area contributed by atoms with E-state index in [4.69, 9.17) is 16.0 Å². The highest BCUT2D eigenvalue weighted by molar-refractivity contribution is 8.01. The van der Waals surface area contributed by atoms with Crippen molar-refractivity contribution >= 4 is 62.8 Å². The van der Waals surface area contributed by atoms with Gasteiger partial charge in [-0.15, -0.1) is 22.7 Å². The van der Waals surface area contributed by atoms with Crippen LogP contribution in [0.3, 0.4) is 0 Å². The van der Waals surface area contributed by atoms with E-state index in [2.05, 4.69) is 4.98 Å². The zero-order valence-electron chi connectivity index (χ0n) is 13.1. The lowest BCUT2D eigenvalue weighted by molar-refractivity contribution is 0.102. The molecule has 0 aliphatic heterocycles. The van der Waals surface area contributed by atoms with Crippen LogP contribution in [0.1, 0.15) is 9.67 Å². The van der Waals surface area contributed by atoms with Crippen LogP contribution in [0.5, 0.6) is 0 Å². The maximum atomic E-state index is 12.2. The van der Waals surface area contributed by atoms with Gasteiger partial charge in [-0.05, 0) is 24.3 Å². The van der Waals surface area contributed by atoms with Crippen LogP contribution in [0.25, 0.3) is 22.2 Å². The van der Waals surface area contributed by atoms with Gasteiger partial charge in [0.2, 0.25) is 0 Å². The molecule has 130 valence electrons. The molecule has 0 saturated heterocycles. The van der Waals surface area contributed by atoms with Crippen molar-refractivity contribution < 1.29 is 9.21 Å². The first-order valence-electron chi connectivity index (χ1n) is 7.50. The molecule has 3 aromatic heterocycles. The molecule has 4 aromatic rings. The van der Waals surface area contributed by atoms with Gasteiger partial charge in [-0.1, -0.05) is 41.6 Å². The largest absolute Gasteiger partial charge is 0.422 e. The fraction of sp³-hybridized carbons (Fsp3) is 0.0556. The third kappa shape index (κ3) is 3.61. The lowest BCUT2D eigenvalue weighted by atomic mass is 10.1. The smallest absolute Gasteiger partial charge is 0.345 e. The number of halogens is 1. The lowest BCUT2D eigenvalue weighted by Gasteiger charge is -1.99. The zero-order chi connectivity index (χ0) is 18.1. The average molecular weight is 420 g/mol. The maximum absolute atomic E-state index is 12.2. The molecule has 3 heterocycles. The lowest BCUT2D eigenvalue weighted by Crippen LogP contribution is -2.02. The minimum Gasteiger partial charge on any atom is -0.422 e. The van der Waals surface area contributed by atoms with E-state index in [0.717, 1.165) is 9.73 Å². The highest BCUT2D eigenvalue weighted by atomic mass is 35.5. The number of nitrogens with zero attached hydrogens (tertiary/aromatic N) is 1. The van der Waals surface area contributed by atoms with Crippen molar-refractivity contribution in [3.8, 4) is 11.3 Å². The molecule has 0 atom stereocenters. The topological polar surface area (TPSA) is 60.2 Å². The molecule has 4 nitrogen and oxygen atoms in total. The fourth-order valence-electron chi connectivity index (χ4n) is 2.35. The number of thiophene rings is 1. The van der Waals surface area contributed by atoms with E-state index in [9.17, 15) is 9.59 Å². The summed E-state index contributed by atoms with van der Waals surface area (Å²) in [4.78, 5) is 29.5. The summed E-state index contributed by atoms with van der Waals surface area (Å²) < 4.78 is 6.67. The molecule has 0 fully saturated rings. The second-order valence-electron chi connectivity index (χ2n) is 5.30. The van der Waals surface area contributed by atoms with Crippen LogP contribution in [0.2, 0.25) is 4.34 Å². The van der Waals surface area contributed by atoms with Gasteiger partial charge in [-0.2, -0.15) is 0 Å². The predicted molar refractivity (Wildman–Crippen MR) is 108 cm³/mol. The number of Topliss-reactive ketones (excluding diaryl/α,β-unsaturated/α-hetero) is 1. The minimum absolute atomic E-state index is 0.00821. The Morgan fingerprint density at radius 2 is 2.08 bits per heavy atom. The monoisotopic (exact) mass is 419 g/mol. The second-order valence-corrected chi connectivity index (χ2v) is 9.10. The van der Waals surface area contributed by atoms with E-state index in [1.165, 1.54) is 34.4 Å². The van der Waals surface area contributed by atoms with Crippen molar-refractivity contribution in [3.63, 3.8) is 0 Å². The first-order chi connectivity index (χ1) is 12.6. The standard InChI is InChI=1S/C18H10ClNO3S3/c19-16-6-5-15(26-16)13(21)9-25-18-20-12(8-24-18)11-7-10-3-1-2-4-14(10)23-17(11)22/h1-8H,9H2. The number of rotatable bonds is 5. The minimum atomic E-state index is -0.421. The summed E-state index contributed by atoms with van der Waals surface area (Å²) >= 11 is 9.87. The second kappa shape index (κ2) is 7.36. The third-order valence-electron chi connectivity index (χ3n) is 3.58. The average Bonchev–Trinajstić information content (AvgIpc) is 3.28. The van der Waals surface area contributed by atoms with Crippen molar-refractivity contribution in [1.29, 1.82) is 0 Å². The first kappa shape index (κ1) is 17.5. The van der Waals surface area contributed by atoms with Gasteiger partial charge in [0.1, 0.15) is 5.58 Å².